The van der Waals surface area contributed by atoms with Crippen LogP contribution in [0.15, 0.2) is 47.4 Å². The predicted molar refractivity (Wildman–Crippen MR) is 144 cm³/mol. The van der Waals surface area contributed by atoms with Crippen molar-refractivity contribution in [2.24, 2.45) is 0 Å². The second-order valence-corrected chi connectivity index (χ2v) is 11.5. The molecule has 194 valence electrons. The molecule has 1 N–H and O–H groups in total. The van der Waals surface area contributed by atoms with Gasteiger partial charge in [0.25, 0.3) is 5.91 Å². The molecule has 3 aromatic rings. The van der Waals surface area contributed by atoms with Crippen LogP contribution in [0.1, 0.15) is 24.2 Å². The summed E-state index contributed by atoms with van der Waals surface area (Å²) in [5.74, 6) is 0.635. The summed E-state index contributed by atoms with van der Waals surface area (Å²) in [6.07, 6.45) is 0. The third-order valence-electron chi connectivity index (χ3n) is 6.40. The fraction of sp³-hybridized carbons (Fsp3) is 0.440. The number of sulfonamides is 1. The number of anilines is 1. The number of hydrogen-bond acceptors (Lipinski definition) is 8. The molecule has 0 radical (unpaired) electrons. The number of piperazine rings is 1. The fourth-order valence-electron chi connectivity index (χ4n) is 4.24. The number of nitrogens with one attached hydrogen (secondary N) is 1. The third kappa shape index (κ3) is 5.80. The van der Waals surface area contributed by atoms with Gasteiger partial charge < -0.3 is 15.0 Å². The molecule has 36 heavy (non-hydrogen) atoms. The molecule has 2 heterocycles. The van der Waals surface area contributed by atoms with Gasteiger partial charge in [0.15, 0.2) is 5.13 Å². The molecule has 0 atom stereocenters. The number of rotatable bonds is 10. The Morgan fingerprint density at radius 2 is 1.78 bits per heavy atom. The number of nitrogens with zero attached hydrogens (tertiary/aromatic N) is 4. The van der Waals surface area contributed by atoms with Gasteiger partial charge in [-0.2, -0.15) is 4.31 Å². The number of carbonyl (C=O) groups is 1. The summed E-state index contributed by atoms with van der Waals surface area (Å²) in [5, 5.41) is 3.97. The molecule has 1 saturated heterocycles. The van der Waals surface area contributed by atoms with E-state index >= 15 is 0 Å². The number of methoxy groups -OCH3 is 1. The fourth-order valence-corrected chi connectivity index (χ4v) is 6.74. The molecule has 9 nitrogen and oxygen atoms in total. The molecular weight excluding hydrogens is 498 g/mol. The van der Waals surface area contributed by atoms with Crippen molar-refractivity contribution in [1.29, 1.82) is 0 Å². The van der Waals surface area contributed by atoms with Crippen LogP contribution in [0.5, 0.6) is 5.75 Å². The molecule has 0 saturated carbocycles. The topological polar surface area (TPSA) is 95.1 Å². The van der Waals surface area contributed by atoms with E-state index in [1.165, 1.54) is 16.4 Å². The summed E-state index contributed by atoms with van der Waals surface area (Å²) in [5.41, 5.74) is 1.44. The Morgan fingerprint density at radius 3 is 2.42 bits per heavy atom. The maximum atomic E-state index is 12.6. The Hall–Kier alpha value is -2.73. The molecule has 0 bridgehead atoms. The van der Waals surface area contributed by atoms with Crippen molar-refractivity contribution in [2.75, 3.05) is 64.4 Å². The molecule has 11 heteroatoms. The van der Waals surface area contributed by atoms with E-state index in [2.05, 4.69) is 15.1 Å². The van der Waals surface area contributed by atoms with E-state index < -0.39 is 10.0 Å². The van der Waals surface area contributed by atoms with Crippen molar-refractivity contribution in [3.63, 3.8) is 0 Å². The lowest BCUT2D eigenvalue weighted by atomic mass is 10.2. The Kier molecular flexibility index (Phi) is 8.45. The molecule has 1 amide bonds. The molecule has 1 aliphatic rings. The SMILES string of the molecule is CCN(CC)S(=O)(=O)c1ccc(C(=O)NCCN2CCN(c3nc4ccc(OC)cc4s3)CC2)cc1. The van der Waals surface area contributed by atoms with E-state index in [0.29, 0.717) is 25.2 Å². The smallest absolute Gasteiger partial charge is 0.251 e. The zero-order valence-corrected chi connectivity index (χ0v) is 22.6. The van der Waals surface area contributed by atoms with Gasteiger partial charge in [0.1, 0.15) is 5.75 Å². The van der Waals surface area contributed by atoms with E-state index in [4.69, 9.17) is 9.72 Å². The van der Waals surface area contributed by atoms with Crippen LogP contribution in [0.3, 0.4) is 0 Å². The number of ether oxygens (including phenoxy) is 1. The molecule has 0 unspecified atom stereocenters. The first-order valence-electron chi connectivity index (χ1n) is 12.2. The standard InChI is InChI=1S/C25H33N5O4S2/c1-4-30(5-2)36(32,33)21-9-6-19(7-10-21)24(31)26-12-13-28-14-16-29(17-15-28)25-27-22-11-8-20(34-3)18-23(22)35-25/h6-11,18H,4-5,12-17H2,1-3H3,(H,26,31). The van der Waals surface area contributed by atoms with Gasteiger partial charge in [0.2, 0.25) is 10.0 Å². The third-order valence-corrected chi connectivity index (χ3v) is 9.54. The quantitative estimate of drug-likeness (QED) is 0.430. The maximum absolute atomic E-state index is 12.6. The summed E-state index contributed by atoms with van der Waals surface area (Å²) in [6, 6.07) is 12.1. The van der Waals surface area contributed by atoms with Crippen molar-refractivity contribution in [3.8, 4) is 5.75 Å². The maximum Gasteiger partial charge on any atom is 0.251 e. The van der Waals surface area contributed by atoms with Gasteiger partial charge in [-0.1, -0.05) is 25.2 Å². The first-order valence-corrected chi connectivity index (χ1v) is 14.4. The number of thiazole rings is 1. The Morgan fingerprint density at radius 1 is 1.08 bits per heavy atom. The van der Waals surface area contributed by atoms with Crippen LogP contribution in [0.2, 0.25) is 0 Å². The van der Waals surface area contributed by atoms with Crippen molar-refractivity contribution in [1.82, 2.24) is 19.5 Å². The van der Waals surface area contributed by atoms with Gasteiger partial charge in [-0.25, -0.2) is 13.4 Å². The average Bonchev–Trinajstić information content (AvgIpc) is 3.33. The van der Waals surface area contributed by atoms with Gasteiger partial charge in [-0.3, -0.25) is 9.69 Å². The van der Waals surface area contributed by atoms with Crippen LogP contribution in [-0.4, -0.2) is 88.0 Å². The van der Waals surface area contributed by atoms with E-state index in [0.717, 1.165) is 53.8 Å². The predicted octanol–water partition coefficient (Wildman–Crippen LogP) is 2.89. The first kappa shape index (κ1) is 26.3. The first-order chi connectivity index (χ1) is 17.3. The number of benzene rings is 2. The number of carbonyl (C=O) groups excluding carboxylic acids is 1. The largest absolute Gasteiger partial charge is 0.497 e. The van der Waals surface area contributed by atoms with Crippen molar-refractivity contribution >= 4 is 42.6 Å². The minimum Gasteiger partial charge on any atom is -0.497 e. The van der Waals surface area contributed by atoms with Crippen LogP contribution >= 0.6 is 11.3 Å². The Labute approximate surface area is 216 Å². The normalized spacial score (nSPS) is 14.9. The molecule has 4 rings (SSSR count). The highest BCUT2D eigenvalue weighted by atomic mass is 32.2. The van der Waals surface area contributed by atoms with Crippen LogP contribution in [0, 0.1) is 0 Å². The van der Waals surface area contributed by atoms with E-state index in [-0.39, 0.29) is 10.8 Å². The number of hydrogen-bond donors (Lipinski definition) is 1. The molecular formula is C25H33N5O4S2. The Balaban J connectivity index is 1.24. The van der Waals surface area contributed by atoms with E-state index in [1.54, 1.807) is 44.4 Å². The summed E-state index contributed by atoms with van der Waals surface area (Å²) in [4.78, 5) is 22.2. The second-order valence-electron chi connectivity index (χ2n) is 8.53. The number of amides is 1. The minimum atomic E-state index is -3.53. The molecule has 1 aromatic heterocycles. The Bertz CT molecular complexity index is 1280. The van der Waals surface area contributed by atoms with Gasteiger partial charge in [-0.15, -0.1) is 0 Å². The summed E-state index contributed by atoms with van der Waals surface area (Å²) >= 11 is 1.68. The summed E-state index contributed by atoms with van der Waals surface area (Å²) in [7, 11) is -1.86. The van der Waals surface area contributed by atoms with Crippen LogP contribution in [-0.2, 0) is 10.0 Å². The highest BCUT2D eigenvalue weighted by Crippen LogP contribution is 2.31. The zero-order chi connectivity index (χ0) is 25.7. The van der Waals surface area contributed by atoms with E-state index in [1.807, 2.05) is 18.2 Å². The monoisotopic (exact) mass is 531 g/mol. The lowest BCUT2D eigenvalue weighted by Crippen LogP contribution is -2.48. The zero-order valence-electron chi connectivity index (χ0n) is 20.9. The summed E-state index contributed by atoms with van der Waals surface area (Å²) in [6.45, 7) is 9.27. The average molecular weight is 532 g/mol. The highest BCUT2D eigenvalue weighted by molar-refractivity contribution is 7.89. The molecule has 0 aliphatic carbocycles. The minimum absolute atomic E-state index is 0.202. The molecule has 0 spiro atoms. The lowest BCUT2D eigenvalue weighted by Gasteiger charge is -2.34. The molecule has 1 aliphatic heterocycles. The van der Waals surface area contributed by atoms with Gasteiger partial charge in [0.05, 0.1) is 22.2 Å². The molecule has 2 aromatic carbocycles. The summed E-state index contributed by atoms with van der Waals surface area (Å²) < 4.78 is 33.1. The van der Waals surface area contributed by atoms with Crippen molar-refractivity contribution < 1.29 is 17.9 Å². The second kappa shape index (κ2) is 11.5. The van der Waals surface area contributed by atoms with Gasteiger partial charge >= 0.3 is 0 Å². The lowest BCUT2D eigenvalue weighted by molar-refractivity contribution is 0.0947. The van der Waals surface area contributed by atoms with E-state index in [9.17, 15) is 13.2 Å². The van der Waals surface area contributed by atoms with Crippen LogP contribution in [0.25, 0.3) is 10.2 Å². The van der Waals surface area contributed by atoms with Crippen molar-refractivity contribution in [3.05, 3.63) is 48.0 Å². The van der Waals surface area contributed by atoms with Gasteiger partial charge in [-0.05, 0) is 42.5 Å². The number of aromatic nitrogens is 1. The van der Waals surface area contributed by atoms with Crippen molar-refractivity contribution in [2.45, 2.75) is 18.7 Å². The molecule has 1 fully saturated rings. The van der Waals surface area contributed by atoms with Crippen LogP contribution < -0.4 is 15.0 Å². The number of fused-ring (bicyclic) bond motifs is 1. The van der Waals surface area contributed by atoms with Crippen LogP contribution in [0.4, 0.5) is 5.13 Å². The highest BCUT2D eigenvalue weighted by Gasteiger charge is 2.22. The van der Waals surface area contributed by atoms with Gasteiger partial charge in [0, 0.05) is 57.9 Å².